The molecule has 1 unspecified atom stereocenters. The number of rotatable bonds is 3. The summed E-state index contributed by atoms with van der Waals surface area (Å²) in [6, 6.07) is 5.92. The van der Waals surface area contributed by atoms with Crippen LogP contribution < -0.4 is 5.32 Å². The van der Waals surface area contributed by atoms with Gasteiger partial charge in [-0.1, -0.05) is 17.7 Å². The molecule has 1 aromatic carbocycles. The van der Waals surface area contributed by atoms with Crippen LogP contribution in [0.4, 0.5) is 5.69 Å². The highest BCUT2D eigenvalue weighted by molar-refractivity contribution is 6.51. The van der Waals surface area contributed by atoms with E-state index >= 15 is 0 Å². The number of hydrogen-bond acceptors (Lipinski definition) is 1. The average molecular weight is 265 g/mol. The second-order valence-corrected chi connectivity index (χ2v) is 5.73. The van der Waals surface area contributed by atoms with Crippen LogP contribution in [0.3, 0.4) is 0 Å². The van der Waals surface area contributed by atoms with E-state index in [0.717, 1.165) is 29.2 Å². The van der Waals surface area contributed by atoms with Gasteiger partial charge in [0.1, 0.15) is 4.33 Å². The van der Waals surface area contributed by atoms with Crippen molar-refractivity contribution in [1.29, 1.82) is 0 Å². The second-order valence-electron chi connectivity index (χ2n) is 3.78. The maximum absolute atomic E-state index is 6.17. The lowest BCUT2D eigenvalue weighted by Gasteiger charge is -2.08. The van der Waals surface area contributed by atoms with Gasteiger partial charge in [-0.2, -0.15) is 0 Å². The third-order valence-corrected chi connectivity index (χ3v) is 3.75. The van der Waals surface area contributed by atoms with Crippen LogP contribution in [-0.2, 0) is 0 Å². The summed E-state index contributed by atoms with van der Waals surface area (Å²) >= 11 is 18.2. The van der Waals surface area contributed by atoms with Crippen molar-refractivity contribution in [2.45, 2.75) is 23.6 Å². The monoisotopic (exact) mass is 263 g/mol. The molecule has 1 aromatic rings. The van der Waals surface area contributed by atoms with Crippen molar-refractivity contribution in [3.63, 3.8) is 0 Å². The van der Waals surface area contributed by atoms with Gasteiger partial charge in [-0.05, 0) is 31.0 Å². The Bertz CT molecular complexity index is 376. The van der Waals surface area contributed by atoms with Gasteiger partial charge in [0.15, 0.2) is 0 Å². The number of halogens is 3. The molecule has 1 fully saturated rings. The molecule has 0 bridgehead atoms. The summed E-state index contributed by atoms with van der Waals surface area (Å²) in [4.78, 5) is 0. The molecule has 0 spiro atoms. The van der Waals surface area contributed by atoms with E-state index in [-0.39, 0.29) is 5.92 Å². The maximum atomic E-state index is 6.17. The minimum absolute atomic E-state index is 0.184. The predicted molar refractivity (Wildman–Crippen MR) is 67.4 cm³/mol. The third-order valence-electron chi connectivity index (χ3n) is 2.58. The molecule has 1 N–H and O–H groups in total. The van der Waals surface area contributed by atoms with Crippen molar-refractivity contribution < 1.29 is 0 Å². The summed E-state index contributed by atoms with van der Waals surface area (Å²) in [5, 5.41) is 3.94. The molecule has 0 aliphatic heterocycles. The normalized spacial score (nSPS) is 22.5. The lowest BCUT2D eigenvalue weighted by molar-refractivity contribution is 1.10. The Morgan fingerprint density at radius 1 is 1.47 bits per heavy atom. The van der Waals surface area contributed by atoms with Crippen molar-refractivity contribution >= 4 is 40.5 Å². The number of benzene rings is 1. The maximum Gasteiger partial charge on any atom is 0.126 e. The third kappa shape index (κ3) is 2.35. The predicted octanol–water partition coefficient (Wildman–Crippen LogP) is 4.43. The zero-order valence-electron chi connectivity index (χ0n) is 8.36. The van der Waals surface area contributed by atoms with Gasteiger partial charge in [0, 0.05) is 23.2 Å². The highest BCUT2D eigenvalue weighted by Crippen LogP contribution is 2.60. The van der Waals surface area contributed by atoms with Gasteiger partial charge in [-0.15, -0.1) is 23.2 Å². The summed E-state index contributed by atoms with van der Waals surface area (Å²) in [7, 11) is 0. The molecule has 1 nitrogen and oxygen atoms in total. The second kappa shape index (κ2) is 4.04. The Morgan fingerprint density at radius 2 is 2.13 bits per heavy atom. The smallest absolute Gasteiger partial charge is 0.126 e. The highest BCUT2D eigenvalue weighted by atomic mass is 35.5. The Labute approximate surface area is 105 Å². The van der Waals surface area contributed by atoms with Crippen molar-refractivity contribution in [3.8, 4) is 0 Å². The van der Waals surface area contributed by atoms with E-state index in [2.05, 4.69) is 5.32 Å². The summed E-state index contributed by atoms with van der Waals surface area (Å²) in [5.74, 6) is 0.184. The molecule has 4 heteroatoms. The van der Waals surface area contributed by atoms with Gasteiger partial charge in [-0.3, -0.25) is 0 Å². The Balaban J connectivity index is 2.21. The Kier molecular flexibility index (Phi) is 3.07. The number of hydrogen-bond donors (Lipinski definition) is 1. The van der Waals surface area contributed by atoms with Crippen LogP contribution in [0.1, 0.15) is 24.8 Å². The van der Waals surface area contributed by atoms with E-state index in [4.69, 9.17) is 34.8 Å². The van der Waals surface area contributed by atoms with Gasteiger partial charge in [-0.25, -0.2) is 0 Å². The first-order chi connectivity index (χ1) is 7.04. The largest absolute Gasteiger partial charge is 0.385 e. The van der Waals surface area contributed by atoms with E-state index in [1.54, 1.807) is 0 Å². The van der Waals surface area contributed by atoms with Gasteiger partial charge in [0.05, 0.1) is 0 Å². The van der Waals surface area contributed by atoms with Crippen LogP contribution in [-0.4, -0.2) is 10.9 Å². The van der Waals surface area contributed by atoms with Crippen LogP contribution in [0, 0.1) is 0 Å². The fraction of sp³-hybridized carbons (Fsp3) is 0.455. The Morgan fingerprint density at radius 3 is 2.60 bits per heavy atom. The van der Waals surface area contributed by atoms with Crippen LogP contribution >= 0.6 is 34.8 Å². The molecule has 0 aromatic heterocycles. The molecule has 1 saturated carbocycles. The van der Waals surface area contributed by atoms with E-state index in [0.29, 0.717) is 0 Å². The fourth-order valence-corrected chi connectivity index (χ4v) is 2.53. The molecule has 1 aliphatic carbocycles. The van der Waals surface area contributed by atoms with Crippen LogP contribution in [0.15, 0.2) is 18.2 Å². The van der Waals surface area contributed by atoms with Crippen molar-refractivity contribution in [2.75, 3.05) is 11.9 Å². The molecule has 0 saturated heterocycles. The van der Waals surface area contributed by atoms with Crippen molar-refractivity contribution in [1.82, 2.24) is 0 Å². The molecule has 1 atom stereocenters. The van der Waals surface area contributed by atoms with Gasteiger partial charge in [0.2, 0.25) is 0 Å². The standard InChI is InChI=1S/C11H12Cl3N/c1-2-15-7-3-4-8(10(12)5-7)9-6-11(9,13)14/h3-5,9,15H,2,6H2,1H3. The molecule has 15 heavy (non-hydrogen) atoms. The zero-order valence-corrected chi connectivity index (χ0v) is 10.6. The molecule has 1 aliphatic rings. The first-order valence-corrected chi connectivity index (χ1v) is 6.09. The first-order valence-electron chi connectivity index (χ1n) is 4.95. The van der Waals surface area contributed by atoms with Crippen molar-refractivity contribution in [3.05, 3.63) is 28.8 Å². The number of nitrogens with one attached hydrogen (secondary N) is 1. The van der Waals surface area contributed by atoms with Gasteiger partial charge >= 0.3 is 0 Å². The zero-order chi connectivity index (χ0) is 11.1. The van der Waals surface area contributed by atoms with E-state index < -0.39 is 4.33 Å². The molecule has 0 radical (unpaired) electrons. The minimum atomic E-state index is -0.608. The minimum Gasteiger partial charge on any atom is -0.385 e. The molecular formula is C11H12Cl3N. The average Bonchev–Trinajstić information content (AvgIpc) is 2.75. The molecule has 82 valence electrons. The molecule has 0 amide bonds. The molecule has 0 heterocycles. The number of anilines is 1. The highest BCUT2D eigenvalue weighted by Gasteiger charge is 2.53. The van der Waals surface area contributed by atoms with Crippen LogP contribution in [0.2, 0.25) is 5.02 Å². The summed E-state index contributed by atoms with van der Waals surface area (Å²) < 4.78 is -0.608. The Hall–Kier alpha value is -0.110. The van der Waals surface area contributed by atoms with E-state index in [9.17, 15) is 0 Å². The summed E-state index contributed by atoms with van der Waals surface area (Å²) in [5.41, 5.74) is 2.07. The first kappa shape index (κ1) is 11.4. The number of alkyl halides is 2. The molecule has 2 rings (SSSR count). The van der Waals surface area contributed by atoms with Crippen molar-refractivity contribution in [2.24, 2.45) is 0 Å². The SMILES string of the molecule is CCNc1ccc(C2CC2(Cl)Cl)c(Cl)c1. The van der Waals surface area contributed by atoms with Crippen LogP contribution in [0.5, 0.6) is 0 Å². The topological polar surface area (TPSA) is 12.0 Å². The lowest BCUT2D eigenvalue weighted by atomic mass is 10.1. The van der Waals surface area contributed by atoms with Gasteiger partial charge < -0.3 is 5.32 Å². The van der Waals surface area contributed by atoms with E-state index in [1.165, 1.54) is 0 Å². The lowest BCUT2D eigenvalue weighted by Crippen LogP contribution is -1.97. The molecular weight excluding hydrogens is 252 g/mol. The van der Waals surface area contributed by atoms with Gasteiger partial charge in [0.25, 0.3) is 0 Å². The quantitative estimate of drug-likeness (QED) is 0.796. The summed E-state index contributed by atoms with van der Waals surface area (Å²) in [6.07, 6.45) is 0.788. The summed E-state index contributed by atoms with van der Waals surface area (Å²) in [6.45, 7) is 2.93. The van der Waals surface area contributed by atoms with E-state index in [1.807, 2.05) is 25.1 Å². The fourth-order valence-electron chi connectivity index (χ4n) is 1.67. The van der Waals surface area contributed by atoms with Crippen LogP contribution in [0.25, 0.3) is 0 Å².